The molecule has 0 saturated heterocycles. The van der Waals surface area contributed by atoms with Crippen LogP contribution in [-0.2, 0) is 10.0 Å². The maximum Gasteiger partial charge on any atom is 0.264 e. The number of amides is 1. The summed E-state index contributed by atoms with van der Waals surface area (Å²) in [7, 11) is 0.686. The number of hydrogen-bond acceptors (Lipinski definition) is 5. The molecule has 1 amide bonds. The highest BCUT2D eigenvalue weighted by molar-refractivity contribution is 7.92. The third-order valence-corrected chi connectivity index (χ3v) is 6.66. The Morgan fingerprint density at radius 2 is 1.58 bits per heavy atom. The fourth-order valence-electron chi connectivity index (χ4n) is 2.84. The molecule has 7 nitrogen and oxygen atoms in total. The van der Waals surface area contributed by atoms with Gasteiger partial charge in [0, 0.05) is 17.6 Å². The van der Waals surface area contributed by atoms with E-state index in [2.05, 4.69) is 5.32 Å². The second-order valence-corrected chi connectivity index (χ2v) is 8.90. The lowest BCUT2D eigenvalue weighted by Crippen LogP contribution is -2.26. The first-order chi connectivity index (χ1) is 14.8. The number of carbonyl (C=O) groups excluding carboxylic acids is 1. The zero-order valence-electron chi connectivity index (χ0n) is 17.1. The molecule has 0 bridgehead atoms. The first-order valence-electron chi connectivity index (χ1n) is 9.14. The highest BCUT2D eigenvalue weighted by Gasteiger charge is 2.21. The Hall–Kier alpha value is -3.23. The summed E-state index contributed by atoms with van der Waals surface area (Å²) in [4.78, 5) is 12.7. The van der Waals surface area contributed by atoms with E-state index in [1.54, 1.807) is 54.6 Å². The number of anilines is 2. The summed E-state index contributed by atoms with van der Waals surface area (Å²) < 4.78 is 37.2. The van der Waals surface area contributed by atoms with Gasteiger partial charge in [-0.25, -0.2) is 8.42 Å². The van der Waals surface area contributed by atoms with Gasteiger partial charge >= 0.3 is 0 Å². The van der Waals surface area contributed by atoms with Crippen LogP contribution >= 0.6 is 11.6 Å². The molecular weight excluding hydrogens is 440 g/mol. The van der Waals surface area contributed by atoms with Crippen molar-refractivity contribution in [1.82, 2.24) is 0 Å². The number of benzene rings is 3. The summed E-state index contributed by atoms with van der Waals surface area (Å²) in [6.07, 6.45) is 0. The molecule has 9 heteroatoms. The van der Waals surface area contributed by atoms with Gasteiger partial charge in [0.05, 0.1) is 30.5 Å². The molecule has 31 heavy (non-hydrogen) atoms. The van der Waals surface area contributed by atoms with Crippen molar-refractivity contribution < 1.29 is 22.7 Å². The predicted molar refractivity (Wildman–Crippen MR) is 121 cm³/mol. The van der Waals surface area contributed by atoms with Crippen LogP contribution in [-0.4, -0.2) is 35.6 Å². The standard InChI is InChI=1S/C22H21ClN2O5S/c1-25(31(27,28)19-11-9-18(29-2)10-12-19)17-7-4-15(5-8-17)22(26)24-20-14-16(23)6-13-21(20)30-3/h4-14H,1-3H3,(H,24,26). The molecule has 3 aromatic rings. The lowest BCUT2D eigenvalue weighted by Gasteiger charge is -2.20. The van der Waals surface area contributed by atoms with Gasteiger partial charge in [-0.3, -0.25) is 9.10 Å². The van der Waals surface area contributed by atoms with Gasteiger partial charge in [0.25, 0.3) is 15.9 Å². The van der Waals surface area contributed by atoms with Gasteiger partial charge in [0.1, 0.15) is 11.5 Å². The summed E-state index contributed by atoms with van der Waals surface area (Å²) in [6, 6.07) is 17.2. The number of nitrogens with one attached hydrogen (secondary N) is 1. The van der Waals surface area contributed by atoms with Crippen LogP contribution in [0, 0.1) is 0 Å². The highest BCUT2D eigenvalue weighted by atomic mass is 35.5. The van der Waals surface area contributed by atoms with E-state index in [-0.39, 0.29) is 10.8 Å². The molecule has 0 heterocycles. The second kappa shape index (κ2) is 9.28. The number of hydrogen-bond donors (Lipinski definition) is 1. The van der Waals surface area contributed by atoms with Crippen molar-refractivity contribution in [3.63, 3.8) is 0 Å². The van der Waals surface area contributed by atoms with Gasteiger partial charge in [-0.05, 0) is 66.7 Å². The summed E-state index contributed by atoms with van der Waals surface area (Å²) in [5, 5.41) is 3.20. The van der Waals surface area contributed by atoms with E-state index in [4.69, 9.17) is 21.1 Å². The van der Waals surface area contributed by atoms with Crippen LogP contribution in [0.2, 0.25) is 5.02 Å². The van der Waals surface area contributed by atoms with Crippen LogP contribution in [0.25, 0.3) is 0 Å². The van der Waals surface area contributed by atoms with Crippen molar-refractivity contribution >= 4 is 38.9 Å². The van der Waals surface area contributed by atoms with Crippen molar-refractivity contribution in [3.05, 3.63) is 77.3 Å². The van der Waals surface area contributed by atoms with Crippen molar-refractivity contribution in [2.45, 2.75) is 4.90 Å². The van der Waals surface area contributed by atoms with E-state index < -0.39 is 10.0 Å². The summed E-state index contributed by atoms with van der Waals surface area (Å²) in [5.41, 5.74) is 1.19. The van der Waals surface area contributed by atoms with Gasteiger partial charge in [-0.1, -0.05) is 11.6 Å². The zero-order valence-corrected chi connectivity index (χ0v) is 18.7. The molecule has 1 N–H and O–H groups in total. The average Bonchev–Trinajstić information content (AvgIpc) is 2.78. The Labute approximate surface area is 186 Å². The Morgan fingerprint density at radius 1 is 0.935 bits per heavy atom. The van der Waals surface area contributed by atoms with Crippen molar-refractivity contribution in [3.8, 4) is 11.5 Å². The van der Waals surface area contributed by atoms with Crippen LogP contribution in [0.5, 0.6) is 11.5 Å². The van der Waals surface area contributed by atoms with E-state index in [1.807, 2.05) is 0 Å². The summed E-state index contributed by atoms with van der Waals surface area (Å²) in [5.74, 6) is 0.653. The minimum absolute atomic E-state index is 0.130. The number of ether oxygens (including phenoxy) is 2. The molecule has 0 saturated carbocycles. The molecular formula is C22H21ClN2O5S. The smallest absolute Gasteiger partial charge is 0.264 e. The maximum absolute atomic E-state index is 12.9. The van der Waals surface area contributed by atoms with Crippen LogP contribution in [0.15, 0.2) is 71.6 Å². The molecule has 0 aliphatic heterocycles. The predicted octanol–water partition coefficient (Wildman–Crippen LogP) is 4.43. The first-order valence-corrected chi connectivity index (χ1v) is 11.0. The van der Waals surface area contributed by atoms with Crippen molar-refractivity contribution in [1.29, 1.82) is 0 Å². The number of carbonyl (C=O) groups is 1. The monoisotopic (exact) mass is 460 g/mol. The topological polar surface area (TPSA) is 84.9 Å². The van der Waals surface area contributed by atoms with Gasteiger partial charge < -0.3 is 14.8 Å². The van der Waals surface area contributed by atoms with Crippen LogP contribution in [0.3, 0.4) is 0 Å². The number of methoxy groups -OCH3 is 2. The fraction of sp³-hybridized carbons (Fsp3) is 0.136. The van der Waals surface area contributed by atoms with Crippen molar-refractivity contribution in [2.75, 3.05) is 30.9 Å². The van der Waals surface area contributed by atoms with Crippen molar-refractivity contribution in [2.24, 2.45) is 0 Å². The molecule has 0 aliphatic carbocycles. The second-order valence-electron chi connectivity index (χ2n) is 6.49. The summed E-state index contributed by atoms with van der Waals surface area (Å²) >= 11 is 5.99. The molecule has 3 aromatic carbocycles. The molecule has 3 rings (SSSR count). The third-order valence-electron chi connectivity index (χ3n) is 4.62. The van der Waals surface area contributed by atoms with E-state index in [1.165, 1.54) is 33.4 Å². The van der Waals surface area contributed by atoms with Gasteiger partial charge in [-0.15, -0.1) is 0 Å². The van der Waals surface area contributed by atoms with Crippen LogP contribution in [0.1, 0.15) is 10.4 Å². The van der Waals surface area contributed by atoms with E-state index in [0.717, 1.165) is 4.31 Å². The van der Waals surface area contributed by atoms with E-state index in [0.29, 0.717) is 33.5 Å². The average molecular weight is 461 g/mol. The van der Waals surface area contributed by atoms with E-state index in [9.17, 15) is 13.2 Å². The molecule has 0 aliphatic rings. The fourth-order valence-corrected chi connectivity index (χ4v) is 4.21. The van der Waals surface area contributed by atoms with Gasteiger partial charge in [0.15, 0.2) is 0 Å². The lowest BCUT2D eigenvalue weighted by molar-refractivity contribution is 0.102. The Morgan fingerprint density at radius 3 is 2.16 bits per heavy atom. The minimum Gasteiger partial charge on any atom is -0.497 e. The van der Waals surface area contributed by atoms with Gasteiger partial charge in [-0.2, -0.15) is 0 Å². The number of sulfonamides is 1. The minimum atomic E-state index is -3.77. The molecule has 0 radical (unpaired) electrons. The maximum atomic E-state index is 12.9. The van der Waals surface area contributed by atoms with E-state index >= 15 is 0 Å². The normalized spacial score (nSPS) is 11.0. The molecule has 0 atom stereocenters. The molecule has 0 spiro atoms. The SMILES string of the molecule is COc1ccc(S(=O)(=O)N(C)c2ccc(C(=O)Nc3cc(Cl)ccc3OC)cc2)cc1. The van der Waals surface area contributed by atoms with Gasteiger partial charge in [0.2, 0.25) is 0 Å². The molecule has 0 fully saturated rings. The molecule has 162 valence electrons. The first kappa shape index (κ1) is 22.5. The Bertz CT molecular complexity index is 1180. The third kappa shape index (κ3) is 4.92. The molecule has 0 aromatic heterocycles. The summed E-state index contributed by atoms with van der Waals surface area (Å²) in [6.45, 7) is 0. The largest absolute Gasteiger partial charge is 0.497 e. The lowest BCUT2D eigenvalue weighted by atomic mass is 10.2. The quantitative estimate of drug-likeness (QED) is 0.563. The van der Waals surface area contributed by atoms with Crippen LogP contribution < -0.4 is 19.1 Å². The number of halogens is 1. The Balaban J connectivity index is 1.78. The van der Waals surface area contributed by atoms with Crippen LogP contribution in [0.4, 0.5) is 11.4 Å². The Kier molecular flexibility index (Phi) is 6.72. The molecule has 0 unspecified atom stereocenters. The highest BCUT2D eigenvalue weighted by Crippen LogP contribution is 2.29. The number of rotatable bonds is 7. The zero-order chi connectivity index (χ0) is 22.6. The number of nitrogens with zero attached hydrogens (tertiary/aromatic N) is 1.